The summed E-state index contributed by atoms with van der Waals surface area (Å²) in [5.74, 6) is 0.518. The van der Waals surface area contributed by atoms with Gasteiger partial charge >= 0.3 is 6.03 Å². The van der Waals surface area contributed by atoms with Crippen molar-refractivity contribution in [3.63, 3.8) is 0 Å². The quantitative estimate of drug-likeness (QED) is 0.935. The van der Waals surface area contributed by atoms with Gasteiger partial charge in [-0.2, -0.15) is 0 Å². The molecule has 1 heterocycles. The first kappa shape index (κ1) is 16.8. The summed E-state index contributed by atoms with van der Waals surface area (Å²) in [6, 6.07) is 15.8. The lowest BCUT2D eigenvalue weighted by molar-refractivity contribution is -0.123. The van der Waals surface area contributed by atoms with E-state index < -0.39 is 6.04 Å². The van der Waals surface area contributed by atoms with Crippen LogP contribution in [0.15, 0.2) is 54.6 Å². The van der Waals surface area contributed by atoms with Crippen molar-refractivity contribution in [2.24, 2.45) is 0 Å². The fourth-order valence-electron chi connectivity index (χ4n) is 2.96. The second-order valence-electron chi connectivity index (χ2n) is 5.83. The Labute approximate surface area is 147 Å². The molecule has 2 aromatic carbocycles. The Morgan fingerprint density at radius 1 is 1.08 bits per heavy atom. The average molecular weight is 339 g/mol. The molecule has 1 aliphatic heterocycles. The molecule has 0 spiro atoms. The van der Waals surface area contributed by atoms with Crippen LogP contribution in [-0.2, 0) is 4.79 Å². The molecule has 1 saturated heterocycles. The Balaban J connectivity index is 1.74. The summed E-state index contributed by atoms with van der Waals surface area (Å²) in [6.07, 6.45) is 0. The number of rotatable bonds is 3. The van der Waals surface area contributed by atoms with E-state index in [0.717, 1.165) is 5.69 Å². The van der Waals surface area contributed by atoms with Crippen molar-refractivity contribution >= 4 is 23.3 Å². The molecule has 0 aliphatic carbocycles. The van der Waals surface area contributed by atoms with Gasteiger partial charge in [0, 0.05) is 18.8 Å². The number of piperazine rings is 1. The Kier molecular flexibility index (Phi) is 4.88. The van der Waals surface area contributed by atoms with Crippen LogP contribution in [0.5, 0.6) is 5.75 Å². The fraction of sp³-hybridized carbons (Fsp3) is 0.263. The number of methoxy groups -OCH3 is 1. The Morgan fingerprint density at radius 3 is 2.48 bits per heavy atom. The van der Waals surface area contributed by atoms with Crippen LogP contribution in [-0.4, -0.2) is 43.1 Å². The van der Waals surface area contributed by atoms with Crippen LogP contribution in [0.25, 0.3) is 0 Å². The van der Waals surface area contributed by atoms with E-state index in [4.69, 9.17) is 4.74 Å². The summed E-state index contributed by atoms with van der Waals surface area (Å²) >= 11 is 0. The van der Waals surface area contributed by atoms with Gasteiger partial charge in [0.1, 0.15) is 11.8 Å². The molecule has 2 aromatic rings. The number of urea groups is 1. The zero-order valence-electron chi connectivity index (χ0n) is 14.3. The average Bonchev–Trinajstić information content (AvgIpc) is 2.64. The van der Waals surface area contributed by atoms with Gasteiger partial charge in [-0.15, -0.1) is 0 Å². The molecule has 0 radical (unpaired) electrons. The van der Waals surface area contributed by atoms with Crippen LogP contribution >= 0.6 is 0 Å². The zero-order chi connectivity index (χ0) is 17.8. The van der Waals surface area contributed by atoms with Crippen LogP contribution in [0.2, 0.25) is 0 Å². The van der Waals surface area contributed by atoms with Gasteiger partial charge < -0.3 is 19.9 Å². The van der Waals surface area contributed by atoms with Gasteiger partial charge in [-0.3, -0.25) is 4.79 Å². The zero-order valence-corrected chi connectivity index (χ0v) is 14.3. The maximum Gasteiger partial charge on any atom is 0.322 e. The van der Waals surface area contributed by atoms with E-state index in [-0.39, 0.29) is 11.9 Å². The van der Waals surface area contributed by atoms with Crippen LogP contribution in [0.1, 0.15) is 6.92 Å². The van der Waals surface area contributed by atoms with Crippen molar-refractivity contribution < 1.29 is 14.3 Å². The third-order valence-electron chi connectivity index (χ3n) is 4.32. The van der Waals surface area contributed by atoms with E-state index in [1.807, 2.05) is 54.6 Å². The third-order valence-corrected chi connectivity index (χ3v) is 4.32. The fourth-order valence-corrected chi connectivity index (χ4v) is 2.96. The van der Waals surface area contributed by atoms with E-state index >= 15 is 0 Å². The number of hydrogen-bond acceptors (Lipinski definition) is 3. The minimum Gasteiger partial charge on any atom is -0.495 e. The highest BCUT2D eigenvalue weighted by Crippen LogP contribution is 2.30. The summed E-state index contributed by atoms with van der Waals surface area (Å²) in [7, 11) is 1.58. The van der Waals surface area contributed by atoms with Gasteiger partial charge in [0.15, 0.2) is 0 Å². The highest BCUT2D eigenvalue weighted by Gasteiger charge is 2.35. The van der Waals surface area contributed by atoms with Gasteiger partial charge in [-0.1, -0.05) is 30.3 Å². The highest BCUT2D eigenvalue weighted by molar-refractivity contribution is 6.02. The SMILES string of the molecule is COc1ccccc1N1CCN(C(=O)Nc2ccccc2)[C@@H](C)C1=O. The normalized spacial score (nSPS) is 17.4. The summed E-state index contributed by atoms with van der Waals surface area (Å²) in [5, 5.41) is 2.83. The van der Waals surface area contributed by atoms with Crippen molar-refractivity contribution in [1.29, 1.82) is 0 Å². The first-order valence-corrected chi connectivity index (χ1v) is 8.19. The second kappa shape index (κ2) is 7.25. The lowest BCUT2D eigenvalue weighted by Gasteiger charge is -2.39. The van der Waals surface area contributed by atoms with Crippen LogP contribution in [0, 0.1) is 0 Å². The molecule has 3 rings (SSSR count). The van der Waals surface area contributed by atoms with Gasteiger partial charge in [0.2, 0.25) is 5.91 Å². The van der Waals surface area contributed by atoms with Gasteiger partial charge in [-0.05, 0) is 31.2 Å². The number of para-hydroxylation sites is 3. The molecule has 1 N–H and O–H groups in total. The van der Waals surface area contributed by atoms with Crippen molar-refractivity contribution in [1.82, 2.24) is 4.90 Å². The molecule has 1 atom stereocenters. The highest BCUT2D eigenvalue weighted by atomic mass is 16.5. The topological polar surface area (TPSA) is 61.9 Å². The maximum atomic E-state index is 12.8. The van der Waals surface area contributed by atoms with E-state index in [9.17, 15) is 9.59 Å². The molecule has 6 nitrogen and oxygen atoms in total. The molecule has 25 heavy (non-hydrogen) atoms. The van der Waals surface area contributed by atoms with E-state index in [1.54, 1.807) is 23.8 Å². The second-order valence-corrected chi connectivity index (χ2v) is 5.83. The minimum atomic E-state index is -0.553. The number of hydrogen-bond donors (Lipinski definition) is 1. The number of carbonyl (C=O) groups is 2. The first-order chi connectivity index (χ1) is 12.1. The summed E-state index contributed by atoms with van der Waals surface area (Å²) < 4.78 is 5.35. The van der Waals surface area contributed by atoms with Crippen molar-refractivity contribution in [2.75, 3.05) is 30.4 Å². The number of benzene rings is 2. The predicted octanol–water partition coefficient (Wildman–Crippen LogP) is 2.96. The molecule has 0 unspecified atom stereocenters. The van der Waals surface area contributed by atoms with Crippen molar-refractivity contribution in [3.8, 4) is 5.75 Å². The summed E-state index contributed by atoms with van der Waals surface area (Å²) in [5.41, 5.74) is 1.43. The molecular weight excluding hydrogens is 318 g/mol. The number of nitrogens with one attached hydrogen (secondary N) is 1. The Hall–Kier alpha value is -3.02. The summed E-state index contributed by atoms with van der Waals surface area (Å²) in [4.78, 5) is 28.6. The molecule has 0 bridgehead atoms. The lowest BCUT2D eigenvalue weighted by Crippen LogP contribution is -2.58. The van der Waals surface area contributed by atoms with E-state index in [2.05, 4.69) is 5.32 Å². The molecule has 130 valence electrons. The monoisotopic (exact) mass is 339 g/mol. The molecule has 0 aromatic heterocycles. The molecule has 1 fully saturated rings. The van der Waals surface area contributed by atoms with Crippen LogP contribution < -0.4 is 15.0 Å². The van der Waals surface area contributed by atoms with E-state index in [0.29, 0.717) is 24.5 Å². The number of anilines is 2. The summed E-state index contributed by atoms with van der Waals surface area (Å²) in [6.45, 7) is 2.61. The molecule has 0 saturated carbocycles. The minimum absolute atomic E-state index is 0.126. The van der Waals surface area contributed by atoms with Crippen LogP contribution in [0.3, 0.4) is 0 Å². The number of carbonyl (C=O) groups excluding carboxylic acids is 2. The number of nitrogens with zero attached hydrogens (tertiary/aromatic N) is 2. The molecule has 3 amide bonds. The van der Waals surface area contributed by atoms with Gasteiger partial charge in [0.25, 0.3) is 0 Å². The molecular formula is C19H21N3O3. The van der Waals surface area contributed by atoms with Crippen molar-refractivity contribution in [2.45, 2.75) is 13.0 Å². The largest absolute Gasteiger partial charge is 0.495 e. The van der Waals surface area contributed by atoms with Gasteiger partial charge in [0.05, 0.1) is 12.8 Å². The number of ether oxygens (including phenoxy) is 1. The molecule has 6 heteroatoms. The standard InChI is InChI=1S/C19H21N3O3/c1-14-18(23)22(16-10-6-7-11-17(16)25-2)13-12-21(14)19(24)20-15-8-4-3-5-9-15/h3-11,14H,12-13H2,1-2H3,(H,20,24)/t14-/m0/s1. The smallest absolute Gasteiger partial charge is 0.322 e. The predicted molar refractivity (Wildman–Crippen MR) is 97.0 cm³/mol. The third kappa shape index (κ3) is 3.42. The van der Waals surface area contributed by atoms with Crippen LogP contribution in [0.4, 0.5) is 16.2 Å². The number of amides is 3. The molecule has 1 aliphatic rings. The van der Waals surface area contributed by atoms with E-state index in [1.165, 1.54) is 0 Å². The lowest BCUT2D eigenvalue weighted by atomic mass is 10.1. The van der Waals surface area contributed by atoms with Crippen molar-refractivity contribution in [3.05, 3.63) is 54.6 Å². The maximum absolute atomic E-state index is 12.8. The Morgan fingerprint density at radius 2 is 1.76 bits per heavy atom. The van der Waals surface area contributed by atoms with Gasteiger partial charge in [-0.25, -0.2) is 4.79 Å². The first-order valence-electron chi connectivity index (χ1n) is 8.19. The Bertz CT molecular complexity index is 764.